The van der Waals surface area contributed by atoms with Gasteiger partial charge in [-0.25, -0.2) is 0 Å². The Balaban J connectivity index is 1.31. The average molecular weight is 531 g/mol. The maximum atomic E-state index is 2.65. The van der Waals surface area contributed by atoms with Crippen molar-refractivity contribution in [3.63, 3.8) is 0 Å². The van der Waals surface area contributed by atoms with Crippen LogP contribution in [0.2, 0.25) is 12.6 Å². The number of allylic oxidation sites excluding steroid dienone is 2. The number of hydrogen-bond acceptors (Lipinski definition) is 0. The van der Waals surface area contributed by atoms with Crippen molar-refractivity contribution in [2.45, 2.75) is 31.9 Å². The minimum atomic E-state index is -1.99. The van der Waals surface area contributed by atoms with Crippen LogP contribution in [0.15, 0.2) is 138 Å². The summed E-state index contributed by atoms with van der Waals surface area (Å²) < 4.78 is 0. The molecule has 0 unspecified atom stereocenters. The van der Waals surface area contributed by atoms with Crippen LogP contribution in [-0.2, 0) is 19.3 Å². The second-order valence-electron chi connectivity index (χ2n) is 11.5. The topological polar surface area (TPSA) is 0 Å². The lowest BCUT2D eigenvalue weighted by Crippen LogP contribution is -2.37. The van der Waals surface area contributed by atoms with E-state index in [1.165, 1.54) is 56.1 Å². The molecule has 0 fully saturated rings. The van der Waals surface area contributed by atoms with Gasteiger partial charge in [-0.3, -0.25) is 0 Å². The van der Waals surface area contributed by atoms with Gasteiger partial charge in [-0.1, -0.05) is 156 Å². The lowest BCUT2D eigenvalue weighted by atomic mass is 9.97. The van der Waals surface area contributed by atoms with Gasteiger partial charge in [-0.2, -0.15) is 0 Å². The van der Waals surface area contributed by atoms with Crippen molar-refractivity contribution < 1.29 is 0 Å². The maximum Gasteiger partial charge on any atom is 0.107 e. The summed E-state index contributed by atoms with van der Waals surface area (Å²) in [5.41, 5.74) is 12.6. The molecule has 194 valence electrons. The first-order valence-corrected chi connectivity index (χ1v) is 17.2. The Labute approximate surface area is 239 Å². The molecule has 0 aromatic heterocycles. The molecular formula is C39H34Si. The van der Waals surface area contributed by atoms with Gasteiger partial charge < -0.3 is 0 Å². The zero-order chi connectivity index (χ0) is 26.9. The van der Waals surface area contributed by atoms with Crippen LogP contribution in [-0.4, -0.2) is 8.07 Å². The Morgan fingerprint density at radius 1 is 0.500 bits per heavy atom. The highest BCUT2D eigenvalue weighted by molar-refractivity contribution is 6.93. The highest BCUT2D eigenvalue weighted by Gasteiger charge is 2.39. The summed E-state index contributed by atoms with van der Waals surface area (Å²) in [5.74, 6) is 0. The number of aryl methyl sites for hydroxylation is 1. The van der Waals surface area contributed by atoms with Gasteiger partial charge in [0.2, 0.25) is 0 Å². The van der Waals surface area contributed by atoms with Crippen LogP contribution in [0.4, 0.5) is 0 Å². The molecule has 40 heavy (non-hydrogen) atoms. The molecule has 0 bridgehead atoms. The Morgan fingerprint density at radius 2 is 0.950 bits per heavy atom. The van der Waals surface area contributed by atoms with Gasteiger partial charge in [0.15, 0.2) is 0 Å². The van der Waals surface area contributed by atoms with E-state index in [2.05, 4.69) is 146 Å². The summed E-state index contributed by atoms with van der Waals surface area (Å²) in [5, 5.41) is 3.37. The van der Waals surface area contributed by atoms with Crippen LogP contribution in [0.25, 0.3) is 34.4 Å². The summed E-state index contributed by atoms with van der Waals surface area (Å²) in [4.78, 5) is 0. The molecule has 0 atom stereocenters. The lowest BCUT2D eigenvalue weighted by Gasteiger charge is -2.31. The first-order valence-electron chi connectivity index (χ1n) is 14.5. The quantitative estimate of drug-likeness (QED) is 0.184. The molecule has 0 N–H and O–H groups in total. The molecular weight excluding hydrogens is 497 g/mol. The molecule has 0 nitrogen and oxygen atoms in total. The minimum absolute atomic E-state index is 1.08. The molecule has 0 aliphatic heterocycles. The van der Waals surface area contributed by atoms with Gasteiger partial charge in [0.05, 0.1) is 0 Å². The van der Waals surface area contributed by atoms with Crippen molar-refractivity contribution in [2.75, 3.05) is 0 Å². The SMILES string of the molecule is C[Si](CCc1ccccc1)(C1=Cc2c(cccc2-c2ccccc2)C1)C1=Cc2c(cccc2-c2ccccc2)C1. The summed E-state index contributed by atoms with van der Waals surface area (Å²) in [7, 11) is -1.99. The molecule has 5 aromatic carbocycles. The maximum absolute atomic E-state index is 2.65. The van der Waals surface area contributed by atoms with Crippen molar-refractivity contribution in [1.82, 2.24) is 0 Å². The summed E-state index contributed by atoms with van der Waals surface area (Å²) in [6.07, 6.45) is 8.47. The molecule has 0 heterocycles. The third kappa shape index (κ3) is 4.51. The van der Waals surface area contributed by atoms with Crippen LogP contribution in [0.3, 0.4) is 0 Å². The van der Waals surface area contributed by atoms with Crippen molar-refractivity contribution in [2.24, 2.45) is 0 Å². The standard InChI is InChI=1S/C39H34Si/c1-40(24-23-29-13-5-2-6-14-29,34-25-32-19-11-21-36(38(32)27-34)30-15-7-3-8-16-30)35-26-33-20-12-22-37(39(33)28-35)31-17-9-4-10-18-31/h2-22,27-28H,23-26H2,1H3. The van der Waals surface area contributed by atoms with E-state index in [-0.39, 0.29) is 0 Å². The minimum Gasteiger partial charge on any atom is -0.0712 e. The molecule has 1 heteroatoms. The van der Waals surface area contributed by atoms with E-state index in [0.717, 1.165) is 19.3 Å². The molecule has 0 saturated heterocycles. The van der Waals surface area contributed by atoms with Gasteiger partial charge >= 0.3 is 0 Å². The fraction of sp³-hybridized carbons (Fsp3) is 0.128. The highest BCUT2D eigenvalue weighted by Crippen LogP contribution is 2.45. The monoisotopic (exact) mass is 530 g/mol. The molecule has 7 rings (SSSR count). The fourth-order valence-corrected chi connectivity index (χ4v) is 10.7. The molecule has 5 aromatic rings. The second-order valence-corrected chi connectivity index (χ2v) is 15.9. The van der Waals surface area contributed by atoms with E-state index in [1.54, 1.807) is 10.4 Å². The molecule has 0 radical (unpaired) electrons. The van der Waals surface area contributed by atoms with Crippen molar-refractivity contribution in [1.29, 1.82) is 0 Å². The van der Waals surface area contributed by atoms with Crippen LogP contribution in [0.1, 0.15) is 27.8 Å². The predicted octanol–water partition coefficient (Wildman–Crippen LogP) is 10.00. The van der Waals surface area contributed by atoms with E-state index >= 15 is 0 Å². The summed E-state index contributed by atoms with van der Waals surface area (Å²) in [6, 6.07) is 47.9. The van der Waals surface area contributed by atoms with Gasteiger partial charge in [0, 0.05) is 0 Å². The third-order valence-electron chi connectivity index (χ3n) is 9.14. The lowest BCUT2D eigenvalue weighted by molar-refractivity contribution is 1.07. The smallest absolute Gasteiger partial charge is 0.0712 e. The molecule has 2 aliphatic rings. The van der Waals surface area contributed by atoms with E-state index < -0.39 is 8.07 Å². The molecule has 2 aliphatic carbocycles. The first-order chi connectivity index (χ1) is 19.7. The van der Waals surface area contributed by atoms with Gasteiger partial charge in [0.25, 0.3) is 0 Å². The largest absolute Gasteiger partial charge is 0.107 e. The van der Waals surface area contributed by atoms with E-state index in [1.807, 2.05) is 0 Å². The zero-order valence-corrected chi connectivity index (χ0v) is 24.1. The zero-order valence-electron chi connectivity index (χ0n) is 23.1. The van der Waals surface area contributed by atoms with Crippen LogP contribution >= 0.6 is 0 Å². The summed E-state index contributed by atoms with van der Waals surface area (Å²) >= 11 is 0. The second kappa shape index (κ2) is 10.4. The molecule has 0 spiro atoms. The Morgan fingerprint density at radius 3 is 1.43 bits per heavy atom. The Kier molecular flexibility index (Phi) is 6.46. The van der Waals surface area contributed by atoms with Gasteiger partial charge in [-0.15, -0.1) is 0 Å². The van der Waals surface area contributed by atoms with Crippen LogP contribution in [0.5, 0.6) is 0 Å². The highest BCUT2D eigenvalue weighted by atomic mass is 28.3. The first kappa shape index (κ1) is 24.8. The van der Waals surface area contributed by atoms with Crippen molar-refractivity contribution in [3.05, 3.63) is 166 Å². The number of fused-ring (bicyclic) bond motifs is 2. The molecule has 0 amide bonds. The van der Waals surface area contributed by atoms with Crippen molar-refractivity contribution >= 4 is 20.2 Å². The number of benzene rings is 5. The van der Waals surface area contributed by atoms with E-state index in [0.29, 0.717) is 0 Å². The normalized spacial score (nSPS) is 13.9. The van der Waals surface area contributed by atoms with E-state index in [4.69, 9.17) is 0 Å². The predicted molar refractivity (Wildman–Crippen MR) is 174 cm³/mol. The Bertz CT molecular complexity index is 1620. The number of hydrogen-bond donors (Lipinski definition) is 0. The fourth-order valence-electron chi connectivity index (χ4n) is 6.75. The Hall–Kier alpha value is -4.20. The van der Waals surface area contributed by atoms with Crippen molar-refractivity contribution in [3.8, 4) is 22.3 Å². The van der Waals surface area contributed by atoms with Crippen LogP contribution in [0, 0.1) is 0 Å². The van der Waals surface area contributed by atoms with E-state index in [9.17, 15) is 0 Å². The van der Waals surface area contributed by atoms with Crippen LogP contribution < -0.4 is 0 Å². The molecule has 0 saturated carbocycles. The van der Waals surface area contributed by atoms with Gasteiger partial charge in [0.1, 0.15) is 8.07 Å². The third-order valence-corrected chi connectivity index (χ3v) is 13.9. The summed E-state index contributed by atoms with van der Waals surface area (Å²) in [6.45, 7) is 2.65. The number of rotatable bonds is 7. The average Bonchev–Trinajstić information content (AvgIpc) is 3.67. The van der Waals surface area contributed by atoms with Gasteiger partial charge in [-0.05, 0) is 75.4 Å².